The van der Waals surface area contributed by atoms with Gasteiger partial charge in [0.15, 0.2) is 0 Å². The van der Waals surface area contributed by atoms with Crippen molar-refractivity contribution in [3.63, 3.8) is 0 Å². The molecule has 0 aromatic carbocycles. The number of hydrogen-bond donors (Lipinski definition) is 3. The van der Waals surface area contributed by atoms with Crippen molar-refractivity contribution in [3.05, 3.63) is 0 Å². The number of carbonyl (C=O) groups is 1. The lowest BCUT2D eigenvalue weighted by Crippen LogP contribution is -2.10. The van der Waals surface area contributed by atoms with Crippen LogP contribution >= 0.6 is 0 Å². The molecule has 0 aromatic heterocycles. The summed E-state index contributed by atoms with van der Waals surface area (Å²) < 4.78 is 4.76. The molecule has 0 spiro atoms. The summed E-state index contributed by atoms with van der Waals surface area (Å²) in [4.78, 5) is 10.0. The first-order valence-electron chi connectivity index (χ1n) is 6.29. The van der Waals surface area contributed by atoms with Gasteiger partial charge < -0.3 is 20.7 Å². The van der Waals surface area contributed by atoms with Crippen molar-refractivity contribution in [2.24, 2.45) is 5.73 Å². The zero-order valence-electron chi connectivity index (χ0n) is 10.9. The Morgan fingerprint density at radius 3 is 2.29 bits per heavy atom. The van der Waals surface area contributed by atoms with Gasteiger partial charge in [-0.25, -0.2) is 0 Å². The molecule has 17 heavy (non-hydrogen) atoms. The number of unbranched alkanes of at least 4 members (excludes halogenated alkanes) is 4. The maximum Gasteiger partial charge on any atom is 0.303 e. The average Bonchev–Trinajstić information content (AvgIpc) is 2.30. The minimum Gasteiger partial charge on any atom is -0.481 e. The smallest absolute Gasteiger partial charge is 0.303 e. The number of carboxylic acid groups (broad SMARTS) is 1. The maximum absolute atomic E-state index is 10.0. The van der Waals surface area contributed by atoms with E-state index in [1.165, 1.54) is 19.3 Å². The minimum atomic E-state index is -0.670. The number of ether oxygens (including phenoxy) is 1. The van der Waals surface area contributed by atoms with E-state index < -0.39 is 5.97 Å². The van der Waals surface area contributed by atoms with Crippen LogP contribution in [0.2, 0.25) is 0 Å². The molecule has 0 atom stereocenters. The lowest BCUT2D eigenvalue weighted by molar-refractivity contribution is -0.137. The van der Waals surface area contributed by atoms with Crippen LogP contribution < -0.4 is 5.73 Å². The Kier molecular flexibility index (Phi) is 19.5. The van der Waals surface area contributed by atoms with Gasteiger partial charge in [0.1, 0.15) is 0 Å². The number of carboxylic acids is 1. The number of hydrogen-bond acceptors (Lipinski definition) is 4. The number of aliphatic hydroxyl groups is 1. The molecule has 5 nitrogen and oxygen atoms in total. The van der Waals surface area contributed by atoms with Gasteiger partial charge in [-0.05, 0) is 6.42 Å². The van der Waals surface area contributed by atoms with Gasteiger partial charge in [-0.1, -0.05) is 32.6 Å². The van der Waals surface area contributed by atoms with Gasteiger partial charge >= 0.3 is 5.97 Å². The third-order valence-corrected chi connectivity index (χ3v) is 1.99. The second-order valence-corrected chi connectivity index (χ2v) is 3.68. The Morgan fingerprint density at radius 2 is 1.82 bits per heavy atom. The SMILES string of the molecule is CCCCCCCC(=O)O.NCCOCCO. The molecule has 104 valence electrons. The van der Waals surface area contributed by atoms with Gasteiger partial charge in [0, 0.05) is 13.0 Å². The summed E-state index contributed by atoms with van der Waals surface area (Å²) in [6, 6.07) is 0. The average molecular weight is 249 g/mol. The predicted octanol–water partition coefficient (Wildman–Crippen LogP) is 1.39. The van der Waals surface area contributed by atoms with Gasteiger partial charge in [-0.3, -0.25) is 4.79 Å². The van der Waals surface area contributed by atoms with Crippen LogP contribution in [0.3, 0.4) is 0 Å². The topological polar surface area (TPSA) is 92.8 Å². The van der Waals surface area contributed by atoms with E-state index in [4.69, 9.17) is 20.7 Å². The Labute approximate surface area is 104 Å². The van der Waals surface area contributed by atoms with Crippen LogP contribution in [-0.2, 0) is 9.53 Å². The van der Waals surface area contributed by atoms with Crippen molar-refractivity contribution >= 4 is 5.97 Å². The summed E-state index contributed by atoms with van der Waals surface area (Å²) >= 11 is 0. The minimum absolute atomic E-state index is 0.0833. The second kappa shape index (κ2) is 17.7. The molecule has 0 rings (SSSR count). The second-order valence-electron chi connectivity index (χ2n) is 3.68. The molecule has 0 heterocycles. The van der Waals surface area contributed by atoms with Gasteiger partial charge in [0.2, 0.25) is 0 Å². The van der Waals surface area contributed by atoms with Crippen molar-refractivity contribution in [2.45, 2.75) is 45.4 Å². The molecule has 0 fully saturated rings. The van der Waals surface area contributed by atoms with E-state index in [0.29, 0.717) is 26.2 Å². The van der Waals surface area contributed by atoms with Crippen LogP contribution in [0.1, 0.15) is 45.4 Å². The largest absolute Gasteiger partial charge is 0.481 e. The summed E-state index contributed by atoms with van der Waals surface area (Å²) in [7, 11) is 0. The van der Waals surface area contributed by atoms with Crippen LogP contribution in [0.15, 0.2) is 0 Å². The van der Waals surface area contributed by atoms with Crippen molar-refractivity contribution in [3.8, 4) is 0 Å². The highest BCUT2D eigenvalue weighted by molar-refractivity contribution is 5.66. The Hall–Kier alpha value is -0.650. The standard InChI is InChI=1S/C8H16O2.C4H11NO2/c1-2-3-4-5-6-7-8(9)10;5-1-3-7-4-2-6/h2-7H2,1H3,(H,9,10);6H,1-5H2. The molecule has 0 aliphatic heterocycles. The van der Waals surface area contributed by atoms with Crippen LogP contribution in [0.4, 0.5) is 0 Å². The monoisotopic (exact) mass is 249 g/mol. The fourth-order valence-corrected chi connectivity index (χ4v) is 1.13. The van der Waals surface area contributed by atoms with E-state index in [9.17, 15) is 4.79 Å². The van der Waals surface area contributed by atoms with Gasteiger partial charge in [0.05, 0.1) is 19.8 Å². The van der Waals surface area contributed by atoms with Crippen LogP contribution in [0.5, 0.6) is 0 Å². The molecule has 0 aliphatic carbocycles. The molecule has 0 radical (unpaired) electrons. The van der Waals surface area contributed by atoms with Crippen LogP contribution in [-0.4, -0.2) is 42.5 Å². The Balaban J connectivity index is 0. The van der Waals surface area contributed by atoms with E-state index in [0.717, 1.165) is 12.8 Å². The fourth-order valence-electron chi connectivity index (χ4n) is 1.13. The molecule has 0 amide bonds. The number of aliphatic carboxylic acids is 1. The van der Waals surface area contributed by atoms with Crippen molar-refractivity contribution < 1.29 is 19.7 Å². The first kappa shape index (κ1) is 18.7. The molecule has 0 aromatic rings. The normalized spacial score (nSPS) is 9.59. The zero-order valence-corrected chi connectivity index (χ0v) is 10.9. The molecular weight excluding hydrogens is 222 g/mol. The van der Waals surface area contributed by atoms with E-state index in [-0.39, 0.29) is 6.61 Å². The molecule has 0 aliphatic rings. The zero-order chi connectivity index (χ0) is 13.4. The number of nitrogens with two attached hydrogens (primary N) is 1. The van der Waals surface area contributed by atoms with E-state index >= 15 is 0 Å². The molecular formula is C12H27NO4. The van der Waals surface area contributed by atoms with Crippen LogP contribution in [0, 0.1) is 0 Å². The third-order valence-electron chi connectivity index (χ3n) is 1.99. The summed E-state index contributed by atoms with van der Waals surface area (Å²) in [5, 5.41) is 16.4. The molecule has 0 unspecified atom stereocenters. The summed E-state index contributed by atoms with van der Waals surface area (Å²) in [5.41, 5.74) is 5.06. The van der Waals surface area contributed by atoms with Crippen molar-refractivity contribution in [1.29, 1.82) is 0 Å². The molecule has 0 saturated heterocycles. The highest BCUT2D eigenvalue weighted by Gasteiger charge is 1.94. The highest BCUT2D eigenvalue weighted by atomic mass is 16.5. The summed E-state index contributed by atoms with van der Waals surface area (Å²) in [5.74, 6) is -0.670. The third kappa shape index (κ3) is 25.5. The summed E-state index contributed by atoms with van der Waals surface area (Å²) in [6.07, 6.45) is 5.88. The molecule has 5 heteroatoms. The first-order chi connectivity index (χ1) is 8.18. The predicted molar refractivity (Wildman–Crippen MR) is 68.0 cm³/mol. The number of rotatable bonds is 10. The van der Waals surface area contributed by atoms with Crippen molar-refractivity contribution in [2.75, 3.05) is 26.4 Å². The fraction of sp³-hybridized carbons (Fsp3) is 0.917. The van der Waals surface area contributed by atoms with Crippen molar-refractivity contribution in [1.82, 2.24) is 0 Å². The first-order valence-corrected chi connectivity index (χ1v) is 6.29. The van der Waals surface area contributed by atoms with Gasteiger partial charge in [-0.15, -0.1) is 0 Å². The Bertz CT molecular complexity index is 149. The van der Waals surface area contributed by atoms with E-state index in [1.807, 2.05) is 0 Å². The highest BCUT2D eigenvalue weighted by Crippen LogP contribution is 2.04. The lowest BCUT2D eigenvalue weighted by Gasteiger charge is -1.95. The van der Waals surface area contributed by atoms with E-state index in [1.54, 1.807) is 0 Å². The van der Waals surface area contributed by atoms with Crippen LogP contribution in [0.25, 0.3) is 0 Å². The lowest BCUT2D eigenvalue weighted by atomic mass is 10.1. The molecule has 4 N–H and O–H groups in total. The molecule has 0 bridgehead atoms. The summed E-state index contributed by atoms with van der Waals surface area (Å²) in [6.45, 7) is 3.70. The Morgan fingerprint density at radius 1 is 1.18 bits per heavy atom. The number of aliphatic hydroxyl groups excluding tert-OH is 1. The molecule has 0 saturated carbocycles. The van der Waals surface area contributed by atoms with Gasteiger partial charge in [0.25, 0.3) is 0 Å². The van der Waals surface area contributed by atoms with Gasteiger partial charge in [-0.2, -0.15) is 0 Å². The maximum atomic E-state index is 10.0. The quantitative estimate of drug-likeness (QED) is 0.509. The van der Waals surface area contributed by atoms with E-state index in [2.05, 4.69) is 6.92 Å².